The van der Waals surface area contributed by atoms with Gasteiger partial charge in [0.05, 0.1) is 7.59 Å². The van der Waals surface area contributed by atoms with Crippen LogP contribution in [0.4, 0.5) is 0 Å². The molecule has 96 valence electrons. The molecule has 1 nitrogen and oxygen atoms in total. The molecular formula is C12H30OSi3. The van der Waals surface area contributed by atoms with E-state index in [9.17, 15) is 0 Å². The van der Waals surface area contributed by atoms with Crippen molar-refractivity contribution in [1.29, 1.82) is 0 Å². The molecule has 1 saturated heterocycles. The molecule has 0 radical (unpaired) electrons. The van der Waals surface area contributed by atoms with E-state index in [1.54, 1.807) is 0 Å². The van der Waals surface area contributed by atoms with Crippen LogP contribution in [0.1, 0.15) is 13.3 Å². The van der Waals surface area contributed by atoms with Crippen molar-refractivity contribution in [2.45, 2.75) is 76.9 Å². The first-order valence-electron chi connectivity index (χ1n) is 6.74. The molecule has 4 heteroatoms. The summed E-state index contributed by atoms with van der Waals surface area (Å²) < 4.78 is 6.37. The predicted molar refractivity (Wildman–Crippen MR) is 82.0 cm³/mol. The highest BCUT2D eigenvalue weighted by atomic mass is 29.3. The lowest BCUT2D eigenvalue weighted by molar-refractivity contribution is 0.206. The summed E-state index contributed by atoms with van der Waals surface area (Å²) in [6.45, 7) is 17.4. The number of rotatable bonds is 3. The summed E-state index contributed by atoms with van der Waals surface area (Å²) >= 11 is 0. The molecular weight excluding hydrogens is 244 g/mol. The van der Waals surface area contributed by atoms with E-state index >= 15 is 0 Å². The minimum Gasteiger partial charge on any atom is -0.417 e. The first kappa shape index (κ1) is 14.7. The number of hydrogen-bond acceptors (Lipinski definition) is 1. The van der Waals surface area contributed by atoms with E-state index in [0.29, 0.717) is 6.10 Å². The zero-order valence-corrected chi connectivity index (χ0v) is 15.3. The molecule has 1 heterocycles. The third-order valence-corrected chi connectivity index (χ3v) is 23.9. The molecule has 1 aliphatic heterocycles. The Kier molecular flexibility index (Phi) is 4.32. The number of hydrogen-bond donors (Lipinski definition) is 0. The first-order valence-corrected chi connectivity index (χ1v) is 17.3. The highest BCUT2D eigenvalue weighted by molar-refractivity contribution is 7.39. The van der Waals surface area contributed by atoms with Crippen molar-refractivity contribution in [3.63, 3.8) is 0 Å². The highest BCUT2D eigenvalue weighted by Gasteiger charge is 2.49. The Morgan fingerprint density at radius 2 is 1.75 bits per heavy atom. The topological polar surface area (TPSA) is 9.23 Å². The molecule has 1 rings (SSSR count). The lowest BCUT2D eigenvalue weighted by atomic mass is 10.3. The van der Waals surface area contributed by atoms with Crippen molar-refractivity contribution < 1.29 is 4.43 Å². The quantitative estimate of drug-likeness (QED) is 0.689. The van der Waals surface area contributed by atoms with Gasteiger partial charge in [-0.1, -0.05) is 44.3 Å². The normalized spacial score (nSPS) is 35.1. The molecule has 0 N–H and O–H groups in total. The largest absolute Gasteiger partial charge is 0.417 e. The summed E-state index contributed by atoms with van der Waals surface area (Å²) in [5, 5.41) is 0. The van der Waals surface area contributed by atoms with E-state index in [-0.39, 0.29) is 0 Å². The van der Waals surface area contributed by atoms with Gasteiger partial charge in [0, 0.05) is 14.2 Å². The average molecular weight is 275 g/mol. The Morgan fingerprint density at radius 1 is 1.19 bits per heavy atom. The second-order valence-electron chi connectivity index (χ2n) is 7.60. The fourth-order valence-corrected chi connectivity index (χ4v) is 18.3. The van der Waals surface area contributed by atoms with Gasteiger partial charge in [0.1, 0.15) is 0 Å². The smallest absolute Gasteiger partial charge is 0.174 e. The second kappa shape index (κ2) is 4.71. The zero-order valence-electron chi connectivity index (χ0n) is 12.3. The highest BCUT2D eigenvalue weighted by Crippen LogP contribution is 2.38. The van der Waals surface area contributed by atoms with Crippen molar-refractivity contribution >= 4 is 23.5 Å². The molecule has 0 aromatic heterocycles. The van der Waals surface area contributed by atoms with Gasteiger partial charge in [-0.25, -0.2) is 0 Å². The minimum absolute atomic E-state index is 0.536. The van der Waals surface area contributed by atoms with Gasteiger partial charge in [-0.3, -0.25) is 0 Å². The molecule has 16 heavy (non-hydrogen) atoms. The van der Waals surface area contributed by atoms with Gasteiger partial charge in [-0.2, -0.15) is 0 Å². The first-order chi connectivity index (χ1) is 7.06. The molecule has 0 amide bonds. The van der Waals surface area contributed by atoms with Crippen LogP contribution >= 0.6 is 0 Å². The monoisotopic (exact) mass is 274 g/mol. The Balaban J connectivity index is 2.68. The van der Waals surface area contributed by atoms with Crippen LogP contribution in [0.25, 0.3) is 0 Å². The third kappa shape index (κ3) is 3.55. The standard InChI is InChI=1S/C12H30OSi3/c1-12-8-9-16(7,15(5,6)13-12)11-10-14(2,3)4/h12H,8-11H2,1-7H3. The molecule has 2 unspecified atom stereocenters. The van der Waals surface area contributed by atoms with E-state index in [1.807, 2.05) is 0 Å². The van der Waals surface area contributed by atoms with Crippen LogP contribution < -0.4 is 0 Å². The van der Waals surface area contributed by atoms with Crippen LogP contribution in [0.2, 0.25) is 57.4 Å². The maximum absolute atomic E-state index is 6.37. The summed E-state index contributed by atoms with van der Waals surface area (Å²) in [7, 11) is -3.28. The van der Waals surface area contributed by atoms with Gasteiger partial charge >= 0.3 is 0 Å². The molecule has 0 aliphatic carbocycles. The average Bonchev–Trinajstić information content (AvgIpc) is 2.07. The summed E-state index contributed by atoms with van der Waals surface area (Å²) in [6, 6.07) is 4.58. The fourth-order valence-electron chi connectivity index (χ4n) is 2.60. The molecule has 0 bridgehead atoms. The summed E-state index contributed by atoms with van der Waals surface area (Å²) in [5.74, 6) is 0. The van der Waals surface area contributed by atoms with Gasteiger partial charge in [0.2, 0.25) is 0 Å². The van der Waals surface area contributed by atoms with Crippen LogP contribution in [-0.4, -0.2) is 29.6 Å². The van der Waals surface area contributed by atoms with Crippen molar-refractivity contribution in [3.05, 3.63) is 0 Å². The Labute approximate surface area is 105 Å². The van der Waals surface area contributed by atoms with E-state index < -0.39 is 23.5 Å². The second-order valence-corrected chi connectivity index (χ2v) is 27.8. The minimum atomic E-state index is -1.35. The molecule has 0 spiro atoms. The van der Waals surface area contributed by atoms with Crippen molar-refractivity contribution in [2.24, 2.45) is 0 Å². The molecule has 0 saturated carbocycles. The van der Waals surface area contributed by atoms with Crippen molar-refractivity contribution in [3.8, 4) is 0 Å². The van der Waals surface area contributed by atoms with Crippen LogP contribution in [0.5, 0.6) is 0 Å². The van der Waals surface area contributed by atoms with Gasteiger partial charge in [-0.15, -0.1) is 0 Å². The van der Waals surface area contributed by atoms with E-state index in [1.165, 1.54) is 24.6 Å². The van der Waals surface area contributed by atoms with E-state index in [4.69, 9.17) is 4.43 Å². The SMILES string of the molecule is CC1CC[Si](C)(CC[Si](C)(C)C)[Si](C)(C)O1. The fraction of sp³-hybridized carbons (Fsp3) is 1.00. The van der Waals surface area contributed by atoms with Gasteiger partial charge in [-0.05, 0) is 26.4 Å². The third-order valence-electron chi connectivity index (χ3n) is 4.48. The summed E-state index contributed by atoms with van der Waals surface area (Å²) in [6.07, 6.45) is 1.86. The molecule has 1 fully saturated rings. The van der Waals surface area contributed by atoms with Crippen LogP contribution in [0.3, 0.4) is 0 Å². The van der Waals surface area contributed by atoms with Crippen molar-refractivity contribution in [2.75, 3.05) is 0 Å². The van der Waals surface area contributed by atoms with Crippen LogP contribution in [0, 0.1) is 0 Å². The molecule has 0 aromatic carbocycles. The summed E-state index contributed by atoms with van der Waals surface area (Å²) in [4.78, 5) is 0. The van der Waals surface area contributed by atoms with Crippen LogP contribution in [-0.2, 0) is 4.43 Å². The van der Waals surface area contributed by atoms with Gasteiger partial charge in [0.15, 0.2) is 7.83 Å². The Bertz CT molecular complexity index is 247. The van der Waals surface area contributed by atoms with Crippen molar-refractivity contribution in [1.82, 2.24) is 0 Å². The molecule has 0 aromatic rings. The Morgan fingerprint density at radius 3 is 2.19 bits per heavy atom. The maximum atomic E-state index is 6.37. The van der Waals surface area contributed by atoms with Gasteiger partial charge in [0.25, 0.3) is 0 Å². The van der Waals surface area contributed by atoms with Crippen LogP contribution in [0.15, 0.2) is 0 Å². The zero-order chi connectivity index (χ0) is 12.6. The maximum Gasteiger partial charge on any atom is 0.174 e. The molecule has 1 aliphatic rings. The Hall–Kier alpha value is 0.611. The van der Waals surface area contributed by atoms with E-state index in [2.05, 4.69) is 46.2 Å². The lowest BCUT2D eigenvalue weighted by Gasteiger charge is -2.47. The van der Waals surface area contributed by atoms with E-state index in [0.717, 1.165) is 0 Å². The van der Waals surface area contributed by atoms with Gasteiger partial charge < -0.3 is 4.43 Å². The summed E-state index contributed by atoms with van der Waals surface area (Å²) in [5.41, 5.74) is 0. The molecule has 2 atom stereocenters. The predicted octanol–water partition coefficient (Wildman–Crippen LogP) is 4.50. The lowest BCUT2D eigenvalue weighted by Crippen LogP contribution is -2.63.